The fourth-order valence-electron chi connectivity index (χ4n) is 3.10. The summed E-state index contributed by atoms with van der Waals surface area (Å²) in [6.45, 7) is 3.94. The van der Waals surface area contributed by atoms with E-state index in [4.69, 9.17) is 5.11 Å². The molecule has 1 fully saturated rings. The number of hydrogen-bond acceptors (Lipinski definition) is 3. The van der Waals surface area contributed by atoms with Crippen LogP contribution in [0.2, 0.25) is 0 Å². The van der Waals surface area contributed by atoms with Crippen LogP contribution in [0.5, 0.6) is 0 Å². The molecule has 0 aliphatic carbocycles. The van der Waals surface area contributed by atoms with Gasteiger partial charge in [-0.05, 0) is 50.8 Å². The quantitative estimate of drug-likeness (QED) is 0.806. The summed E-state index contributed by atoms with van der Waals surface area (Å²) >= 11 is 0. The predicted octanol–water partition coefficient (Wildman–Crippen LogP) is 1.92. The molecule has 5 heteroatoms. The molecule has 1 amide bonds. The number of carbonyl (C=O) groups excluding carboxylic acids is 1. The number of likely N-dealkylation sites (tertiary alicyclic amines) is 1. The van der Waals surface area contributed by atoms with Crippen molar-refractivity contribution in [2.24, 2.45) is 5.92 Å². The van der Waals surface area contributed by atoms with Crippen LogP contribution in [0, 0.1) is 5.92 Å². The van der Waals surface area contributed by atoms with Gasteiger partial charge >= 0.3 is 5.97 Å². The number of rotatable bonds is 7. The zero-order chi connectivity index (χ0) is 16.7. The van der Waals surface area contributed by atoms with Crippen molar-refractivity contribution in [3.05, 3.63) is 35.9 Å². The van der Waals surface area contributed by atoms with Crippen LogP contribution in [0.1, 0.15) is 31.7 Å². The van der Waals surface area contributed by atoms with Crippen molar-refractivity contribution >= 4 is 11.9 Å². The molecule has 1 aromatic rings. The summed E-state index contributed by atoms with van der Waals surface area (Å²) in [5.41, 5.74) is 1.38. The van der Waals surface area contributed by atoms with Crippen LogP contribution in [0.4, 0.5) is 0 Å². The molecule has 0 aromatic heterocycles. The highest BCUT2D eigenvalue weighted by atomic mass is 16.4. The third-order valence-corrected chi connectivity index (χ3v) is 4.58. The summed E-state index contributed by atoms with van der Waals surface area (Å²) in [6, 6.07) is 10.3. The molecule has 5 nitrogen and oxygen atoms in total. The van der Waals surface area contributed by atoms with Crippen LogP contribution in [-0.2, 0) is 16.0 Å². The fraction of sp³-hybridized carbons (Fsp3) is 0.556. The first kappa shape index (κ1) is 17.5. The number of nitrogens with one attached hydrogen (secondary N) is 1. The molecule has 1 unspecified atom stereocenters. The highest BCUT2D eigenvalue weighted by Crippen LogP contribution is 2.22. The average molecular weight is 318 g/mol. The molecule has 2 rings (SSSR count). The number of piperidine rings is 1. The Labute approximate surface area is 137 Å². The Hall–Kier alpha value is -1.88. The van der Waals surface area contributed by atoms with E-state index >= 15 is 0 Å². The smallest absolute Gasteiger partial charge is 0.305 e. The summed E-state index contributed by atoms with van der Waals surface area (Å²) < 4.78 is 0. The maximum atomic E-state index is 12.1. The number of aliphatic carboxylic acids is 1. The van der Waals surface area contributed by atoms with Crippen molar-refractivity contribution in [1.82, 2.24) is 10.2 Å². The lowest BCUT2D eigenvalue weighted by Gasteiger charge is -2.35. The molecular formula is C18H26N2O3. The normalized spacial score (nSPS) is 17.6. The third kappa shape index (κ3) is 5.67. The summed E-state index contributed by atoms with van der Waals surface area (Å²) in [6.07, 6.45) is 3.27. The minimum absolute atomic E-state index is 0.0301. The van der Waals surface area contributed by atoms with E-state index in [1.165, 1.54) is 5.56 Å². The van der Waals surface area contributed by atoms with E-state index in [0.717, 1.165) is 32.4 Å². The van der Waals surface area contributed by atoms with Gasteiger partial charge in [0, 0.05) is 6.54 Å². The van der Waals surface area contributed by atoms with Gasteiger partial charge in [-0.25, -0.2) is 0 Å². The predicted molar refractivity (Wildman–Crippen MR) is 89.2 cm³/mol. The number of benzene rings is 1. The number of carbonyl (C=O) groups is 2. The van der Waals surface area contributed by atoms with Crippen LogP contribution in [-0.4, -0.2) is 47.6 Å². The fourth-order valence-corrected chi connectivity index (χ4v) is 3.10. The summed E-state index contributed by atoms with van der Waals surface area (Å²) in [5.74, 6) is -0.289. The van der Waals surface area contributed by atoms with E-state index < -0.39 is 5.97 Å². The molecule has 126 valence electrons. The molecule has 1 aromatic carbocycles. The Morgan fingerprint density at radius 3 is 2.52 bits per heavy atom. The average Bonchev–Trinajstić information content (AvgIpc) is 2.55. The number of amides is 1. The molecule has 1 saturated heterocycles. The topological polar surface area (TPSA) is 69.6 Å². The second-order valence-electron chi connectivity index (χ2n) is 6.28. The minimum atomic E-state index is -0.889. The second-order valence-corrected chi connectivity index (χ2v) is 6.28. The molecule has 0 spiro atoms. The highest BCUT2D eigenvalue weighted by Gasteiger charge is 2.26. The lowest BCUT2D eigenvalue weighted by molar-refractivity contribution is -0.137. The Bertz CT molecular complexity index is 510. The van der Waals surface area contributed by atoms with Gasteiger partial charge in [0.25, 0.3) is 0 Å². The maximum Gasteiger partial charge on any atom is 0.305 e. The second kappa shape index (κ2) is 8.67. The SMILES string of the molecule is CC(C(=O)NCCC(=O)O)N1CCC(Cc2ccccc2)CC1. The van der Waals surface area contributed by atoms with Gasteiger partial charge in [0.05, 0.1) is 12.5 Å². The Kier molecular flexibility index (Phi) is 6.59. The molecule has 23 heavy (non-hydrogen) atoms. The van der Waals surface area contributed by atoms with E-state index in [9.17, 15) is 9.59 Å². The van der Waals surface area contributed by atoms with E-state index in [1.54, 1.807) is 0 Å². The van der Waals surface area contributed by atoms with E-state index in [1.807, 2.05) is 13.0 Å². The molecule has 0 saturated carbocycles. The van der Waals surface area contributed by atoms with Crippen molar-refractivity contribution in [1.29, 1.82) is 0 Å². The van der Waals surface area contributed by atoms with Crippen molar-refractivity contribution in [3.8, 4) is 0 Å². The van der Waals surface area contributed by atoms with Crippen LogP contribution in [0.3, 0.4) is 0 Å². The third-order valence-electron chi connectivity index (χ3n) is 4.58. The van der Waals surface area contributed by atoms with Gasteiger partial charge in [0.1, 0.15) is 0 Å². The Morgan fingerprint density at radius 2 is 1.91 bits per heavy atom. The highest BCUT2D eigenvalue weighted by molar-refractivity contribution is 5.81. The minimum Gasteiger partial charge on any atom is -0.481 e. The number of hydrogen-bond donors (Lipinski definition) is 2. The molecule has 1 aliphatic rings. The van der Waals surface area contributed by atoms with Gasteiger partial charge in [-0.2, -0.15) is 0 Å². The lowest BCUT2D eigenvalue weighted by Crippen LogP contribution is -2.48. The molecule has 1 atom stereocenters. The van der Waals surface area contributed by atoms with Gasteiger partial charge in [-0.3, -0.25) is 14.5 Å². The van der Waals surface area contributed by atoms with Gasteiger partial charge in [-0.1, -0.05) is 30.3 Å². The van der Waals surface area contributed by atoms with Gasteiger partial charge in [0.2, 0.25) is 5.91 Å². The van der Waals surface area contributed by atoms with Crippen molar-refractivity contribution in [2.75, 3.05) is 19.6 Å². The maximum absolute atomic E-state index is 12.1. The molecular weight excluding hydrogens is 292 g/mol. The summed E-state index contributed by atoms with van der Waals surface area (Å²) in [7, 11) is 0. The number of nitrogens with zero attached hydrogens (tertiary/aromatic N) is 1. The largest absolute Gasteiger partial charge is 0.481 e. The molecule has 0 radical (unpaired) electrons. The van der Waals surface area contributed by atoms with E-state index in [0.29, 0.717) is 5.92 Å². The summed E-state index contributed by atoms with van der Waals surface area (Å²) in [4.78, 5) is 24.7. The zero-order valence-corrected chi connectivity index (χ0v) is 13.7. The first-order valence-electron chi connectivity index (χ1n) is 8.33. The van der Waals surface area contributed by atoms with Crippen LogP contribution >= 0.6 is 0 Å². The summed E-state index contributed by atoms with van der Waals surface area (Å²) in [5, 5.41) is 11.3. The van der Waals surface area contributed by atoms with Gasteiger partial charge in [-0.15, -0.1) is 0 Å². The van der Waals surface area contributed by atoms with Crippen LogP contribution < -0.4 is 5.32 Å². The van der Waals surface area contributed by atoms with E-state index in [2.05, 4.69) is 34.5 Å². The number of carboxylic acid groups (broad SMARTS) is 1. The zero-order valence-electron chi connectivity index (χ0n) is 13.7. The lowest BCUT2D eigenvalue weighted by atomic mass is 9.89. The Morgan fingerprint density at radius 1 is 1.26 bits per heavy atom. The van der Waals surface area contributed by atoms with Crippen LogP contribution in [0.25, 0.3) is 0 Å². The molecule has 1 aliphatic heterocycles. The Balaban J connectivity index is 1.72. The van der Waals surface area contributed by atoms with Gasteiger partial charge in [0.15, 0.2) is 0 Å². The molecule has 2 N–H and O–H groups in total. The standard InChI is InChI=1S/C18H26N2O3/c1-14(18(23)19-10-7-17(21)22)20-11-8-16(9-12-20)13-15-5-3-2-4-6-15/h2-6,14,16H,7-13H2,1H3,(H,19,23)(H,21,22). The van der Waals surface area contributed by atoms with Crippen molar-refractivity contribution in [3.63, 3.8) is 0 Å². The molecule has 1 heterocycles. The first-order valence-corrected chi connectivity index (χ1v) is 8.33. The molecule has 0 bridgehead atoms. The van der Waals surface area contributed by atoms with Crippen molar-refractivity contribution in [2.45, 2.75) is 38.6 Å². The monoisotopic (exact) mass is 318 g/mol. The number of carboxylic acids is 1. The first-order chi connectivity index (χ1) is 11.1. The van der Waals surface area contributed by atoms with Crippen molar-refractivity contribution < 1.29 is 14.7 Å². The van der Waals surface area contributed by atoms with Crippen LogP contribution in [0.15, 0.2) is 30.3 Å². The van der Waals surface area contributed by atoms with E-state index in [-0.39, 0.29) is 24.9 Å². The van der Waals surface area contributed by atoms with Gasteiger partial charge < -0.3 is 10.4 Å².